The van der Waals surface area contributed by atoms with Crippen molar-refractivity contribution in [2.45, 2.75) is 6.92 Å². The molecule has 0 atom stereocenters. The molecule has 1 rings (SSSR count). The molecule has 4 nitrogen and oxygen atoms in total. The van der Waals surface area contributed by atoms with Gasteiger partial charge in [-0.15, -0.1) is 0 Å². The lowest BCUT2D eigenvalue weighted by Gasteiger charge is -1.86. The van der Waals surface area contributed by atoms with E-state index in [0.717, 1.165) is 0 Å². The maximum Gasteiger partial charge on any atom is 0.341 e. The third-order valence-corrected chi connectivity index (χ3v) is 1.05. The molecule has 0 saturated heterocycles. The van der Waals surface area contributed by atoms with Crippen molar-refractivity contribution >= 4 is 17.5 Å². The van der Waals surface area contributed by atoms with Gasteiger partial charge in [-0.25, -0.2) is 4.79 Å². The fourth-order valence-electron chi connectivity index (χ4n) is 0.564. The fourth-order valence-corrected chi connectivity index (χ4v) is 0.564. The monoisotopic (exact) mass is 126 g/mol. The molecule has 1 aliphatic heterocycles. The van der Waals surface area contributed by atoms with Crippen LogP contribution in [-0.4, -0.2) is 24.1 Å². The number of ketones is 1. The van der Waals surface area contributed by atoms with Crippen LogP contribution in [0.2, 0.25) is 0 Å². The Morgan fingerprint density at radius 3 is 2.67 bits per heavy atom. The molecule has 0 aliphatic carbocycles. The zero-order valence-electron chi connectivity index (χ0n) is 4.97. The number of carbonyl (C=O) groups excluding carboxylic acids is 2. The molecule has 0 radical (unpaired) electrons. The van der Waals surface area contributed by atoms with E-state index in [4.69, 9.17) is 0 Å². The predicted molar refractivity (Wildman–Crippen MR) is 31.5 cm³/mol. The van der Waals surface area contributed by atoms with Crippen LogP contribution in [0.5, 0.6) is 0 Å². The largest absolute Gasteiger partial charge is 0.341 e. The van der Waals surface area contributed by atoms with Crippen molar-refractivity contribution in [1.82, 2.24) is 5.32 Å². The first-order valence-electron chi connectivity index (χ1n) is 2.56. The standard InChI is InChI=1S/C5H6N2O2/c1-3(8)4-2-6-5(9)7-4/h2H2,1H3,(H,6,9). The first kappa shape index (κ1) is 5.94. The molecule has 0 aromatic carbocycles. The van der Waals surface area contributed by atoms with Crippen molar-refractivity contribution in [3.63, 3.8) is 0 Å². The summed E-state index contributed by atoms with van der Waals surface area (Å²) in [5.41, 5.74) is 0.319. The van der Waals surface area contributed by atoms with Gasteiger partial charge in [-0.2, -0.15) is 4.99 Å². The molecule has 1 heterocycles. The minimum absolute atomic E-state index is 0.145. The van der Waals surface area contributed by atoms with Crippen LogP contribution < -0.4 is 5.32 Å². The van der Waals surface area contributed by atoms with Crippen LogP contribution in [0, 0.1) is 0 Å². The van der Waals surface area contributed by atoms with Crippen molar-refractivity contribution in [1.29, 1.82) is 0 Å². The molecule has 0 aromatic heterocycles. The molecule has 0 aromatic rings. The van der Waals surface area contributed by atoms with E-state index >= 15 is 0 Å². The highest BCUT2D eigenvalue weighted by Gasteiger charge is 2.15. The molecule has 0 unspecified atom stereocenters. The summed E-state index contributed by atoms with van der Waals surface area (Å²) in [4.78, 5) is 24.2. The van der Waals surface area contributed by atoms with E-state index in [2.05, 4.69) is 10.3 Å². The number of carbonyl (C=O) groups is 2. The second-order valence-electron chi connectivity index (χ2n) is 1.77. The molecule has 0 fully saturated rings. The van der Waals surface area contributed by atoms with E-state index in [1.165, 1.54) is 6.92 Å². The molecule has 1 aliphatic rings. The summed E-state index contributed by atoms with van der Waals surface area (Å²) in [7, 11) is 0. The molecule has 0 bridgehead atoms. The minimum Gasteiger partial charge on any atom is -0.330 e. The second-order valence-corrected chi connectivity index (χ2v) is 1.77. The summed E-state index contributed by atoms with van der Waals surface area (Å²) >= 11 is 0. The number of rotatable bonds is 1. The van der Waals surface area contributed by atoms with Crippen LogP contribution in [0.25, 0.3) is 0 Å². The maximum atomic E-state index is 10.5. The highest BCUT2D eigenvalue weighted by Crippen LogP contribution is 1.89. The van der Waals surface area contributed by atoms with E-state index in [9.17, 15) is 9.59 Å². The van der Waals surface area contributed by atoms with Gasteiger partial charge in [0.2, 0.25) is 0 Å². The molecule has 1 N–H and O–H groups in total. The Morgan fingerprint density at radius 1 is 1.78 bits per heavy atom. The van der Waals surface area contributed by atoms with Gasteiger partial charge < -0.3 is 5.32 Å². The van der Waals surface area contributed by atoms with Gasteiger partial charge in [-0.1, -0.05) is 0 Å². The highest BCUT2D eigenvalue weighted by atomic mass is 16.2. The fraction of sp³-hybridized carbons (Fsp3) is 0.400. The number of nitrogens with one attached hydrogen (secondary N) is 1. The van der Waals surface area contributed by atoms with Gasteiger partial charge in [0.25, 0.3) is 0 Å². The molecule has 9 heavy (non-hydrogen) atoms. The van der Waals surface area contributed by atoms with Crippen molar-refractivity contribution in [3.05, 3.63) is 0 Å². The van der Waals surface area contributed by atoms with E-state index in [-0.39, 0.29) is 12.3 Å². The van der Waals surface area contributed by atoms with E-state index in [0.29, 0.717) is 5.71 Å². The predicted octanol–water partition coefficient (Wildman–Crippen LogP) is -0.260. The average Bonchev–Trinajstić information content (AvgIpc) is 2.14. The Kier molecular flexibility index (Phi) is 1.30. The Hall–Kier alpha value is -1.19. The van der Waals surface area contributed by atoms with Gasteiger partial charge in [0.1, 0.15) is 5.71 Å². The summed E-state index contributed by atoms with van der Waals surface area (Å²) in [5.74, 6) is -0.145. The van der Waals surface area contributed by atoms with Crippen molar-refractivity contribution in [3.8, 4) is 0 Å². The lowest BCUT2D eigenvalue weighted by Crippen LogP contribution is -2.20. The van der Waals surface area contributed by atoms with Crippen LogP contribution in [0.15, 0.2) is 4.99 Å². The number of Topliss-reactive ketones (excluding diaryl/α,β-unsaturated/α-hetero) is 1. The smallest absolute Gasteiger partial charge is 0.330 e. The van der Waals surface area contributed by atoms with Crippen LogP contribution in [0.1, 0.15) is 6.92 Å². The van der Waals surface area contributed by atoms with Gasteiger partial charge in [0, 0.05) is 6.92 Å². The summed E-state index contributed by atoms with van der Waals surface area (Å²) in [6, 6.07) is -0.416. The third-order valence-electron chi connectivity index (χ3n) is 1.05. The van der Waals surface area contributed by atoms with E-state index < -0.39 is 6.03 Å². The molecular formula is C5H6N2O2. The van der Waals surface area contributed by atoms with Gasteiger partial charge >= 0.3 is 6.03 Å². The van der Waals surface area contributed by atoms with Crippen LogP contribution in [0.4, 0.5) is 4.79 Å². The second kappa shape index (κ2) is 1.97. The molecule has 0 spiro atoms. The maximum absolute atomic E-state index is 10.5. The summed E-state index contributed by atoms with van der Waals surface area (Å²) in [5, 5.41) is 2.39. The summed E-state index contributed by atoms with van der Waals surface area (Å²) in [6.45, 7) is 1.67. The van der Waals surface area contributed by atoms with Gasteiger partial charge in [0.15, 0.2) is 5.78 Å². The summed E-state index contributed by atoms with van der Waals surface area (Å²) in [6.07, 6.45) is 0. The van der Waals surface area contributed by atoms with Crippen LogP contribution >= 0.6 is 0 Å². The van der Waals surface area contributed by atoms with E-state index in [1.54, 1.807) is 0 Å². The van der Waals surface area contributed by atoms with Gasteiger partial charge in [0.05, 0.1) is 6.54 Å². The molecule has 0 saturated carbocycles. The van der Waals surface area contributed by atoms with Crippen molar-refractivity contribution in [2.75, 3.05) is 6.54 Å². The van der Waals surface area contributed by atoms with Crippen molar-refractivity contribution in [2.24, 2.45) is 4.99 Å². The number of urea groups is 1. The van der Waals surface area contributed by atoms with Crippen LogP contribution in [-0.2, 0) is 4.79 Å². The lowest BCUT2D eigenvalue weighted by molar-refractivity contribution is -0.111. The minimum atomic E-state index is -0.416. The Bertz CT molecular complexity index is 195. The average molecular weight is 126 g/mol. The first-order valence-corrected chi connectivity index (χ1v) is 2.56. The number of amides is 2. The number of aliphatic imine (C=N–C) groups is 1. The Balaban J connectivity index is 2.74. The van der Waals surface area contributed by atoms with E-state index in [1.807, 2.05) is 0 Å². The quantitative estimate of drug-likeness (QED) is 0.526. The molecule has 48 valence electrons. The third kappa shape index (κ3) is 1.13. The first-order chi connectivity index (χ1) is 4.20. The lowest BCUT2D eigenvalue weighted by atomic mass is 10.3. The van der Waals surface area contributed by atoms with Gasteiger partial charge in [-0.05, 0) is 0 Å². The Morgan fingerprint density at radius 2 is 2.44 bits per heavy atom. The number of hydrogen-bond acceptors (Lipinski definition) is 2. The zero-order valence-corrected chi connectivity index (χ0v) is 4.97. The molecule has 4 heteroatoms. The molecular weight excluding hydrogens is 120 g/mol. The SMILES string of the molecule is CC(=O)C1=NC(=O)NC1. The molecule has 2 amide bonds. The topological polar surface area (TPSA) is 58.5 Å². The number of nitrogens with zero attached hydrogens (tertiary/aromatic N) is 1. The normalized spacial score (nSPS) is 17.0. The Labute approximate surface area is 52.0 Å². The number of hydrogen-bond donors (Lipinski definition) is 1. The van der Waals surface area contributed by atoms with Gasteiger partial charge in [-0.3, -0.25) is 4.79 Å². The summed E-state index contributed by atoms with van der Waals surface area (Å²) < 4.78 is 0. The van der Waals surface area contributed by atoms with Crippen molar-refractivity contribution < 1.29 is 9.59 Å². The van der Waals surface area contributed by atoms with Crippen LogP contribution in [0.3, 0.4) is 0 Å². The highest BCUT2D eigenvalue weighted by molar-refractivity contribution is 6.42. The zero-order chi connectivity index (χ0) is 6.85.